The molecule has 0 N–H and O–H groups in total. The standard InChI is InChI=1S/C28H49NO5/c1-30-20-8-6-17(7-9-20)28-22-16-27(34-5)25(32-3)14-19(22)12-23-21-15-26(33-4)24(31-2)13-18(21)10-11-29(23)28/h17-28H,6-16H2,1-5H3/t17?,18?,19?,20?,21?,22?,23?,24?,25?,26?,27?,28-/m0/s1. The Morgan fingerprint density at radius 1 is 0.500 bits per heavy atom. The summed E-state index contributed by atoms with van der Waals surface area (Å²) in [5.74, 6) is 3.74. The molecular weight excluding hydrogens is 430 g/mol. The first kappa shape index (κ1) is 25.4. The second-order valence-corrected chi connectivity index (χ2v) is 12.0. The summed E-state index contributed by atoms with van der Waals surface area (Å²) in [7, 11) is 9.39. The number of fused-ring (bicyclic) bond motifs is 4. The number of rotatable bonds is 6. The van der Waals surface area contributed by atoms with Crippen molar-refractivity contribution in [3.63, 3.8) is 0 Å². The summed E-state index contributed by atoms with van der Waals surface area (Å²) < 4.78 is 29.5. The van der Waals surface area contributed by atoms with Crippen molar-refractivity contribution in [2.45, 2.75) is 107 Å². The number of ether oxygens (including phenoxy) is 5. The number of methoxy groups -OCH3 is 5. The Kier molecular flexibility index (Phi) is 8.24. The average molecular weight is 480 g/mol. The van der Waals surface area contributed by atoms with Crippen LogP contribution in [0, 0.1) is 29.6 Å². The highest BCUT2D eigenvalue weighted by Gasteiger charge is 2.55. The maximum Gasteiger partial charge on any atom is 0.0836 e. The predicted octanol–water partition coefficient (Wildman–Crippen LogP) is 4.15. The van der Waals surface area contributed by atoms with Gasteiger partial charge in [-0.25, -0.2) is 0 Å². The van der Waals surface area contributed by atoms with E-state index in [4.69, 9.17) is 23.7 Å². The van der Waals surface area contributed by atoms with Crippen LogP contribution < -0.4 is 0 Å². The Hall–Kier alpha value is -0.240. The second-order valence-electron chi connectivity index (χ2n) is 12.0. The van der Waals surface area contributed by atoms with E-state index in [1.54, 1.807) is 0 Å². The molecule has 5 aliphatic rings. The van der Waals surface area contributed by atoms with E-state index >= 15 is 0 Å². The summed E-state index contributed by atoms with van der Waals surface area (Å²) >= 11 is 0. The monoisotopic (exact) mass is 479 g/mol. The summed E-state index contributed by atoms with van der Waals surface area (Å²) in [5, 5.41) is 0. The van der Waals surface area contributed by atoms with Crippen molar-refractivity contribution in [3.8, 4) is 0 Å². The molecule has 0 aromatic carbocycles. The Labute approximate surface area is 207 Å². The fraction of sp³-hybridized carbons (Fsp3) is 1.00. The minimum atomic E-state index is 0.230. The van der Waals surface area contributed by atoms with E-state index < -0.39 is 0 Å². The van der Waals surface area contributed by atoms with Gasteiger partial charge in [0, 0.05) is 47.6 Å². The molecule has 5 rings (SSSR count). The first-order valence-corrected chi connectivity index (χ1v) is 14.0. The number of piperidine rings is 2. The molecule has 0 aromatic heterocycles. The van der Waals surface area contributed by atoms with Gasteiger partial charge in [-0.1, -0.05) is 0 Å². The fourth-order valence-corrected chi connectivity index (χ4v) is 9.21. The lowest BCUT2D eigenvalue weighted by Crippen LogP contribution is -2.66. The highest BCUT2D eigenvalue weighted by atomic mass is 16.5. The molecule has 2 saturated heterocycles. The lowest BCUT2D eigenvalue weighted by Gasteiger charge is -2.62. The van der Waals surface area contributed by atoms with E-state index in [0.717, 1.165) is 55.3 Å². The van der Waals surface area contributed by atoms with Crippen LogP contribution in [-0.4, -0.2) is 89.6 Å². The summed E-state index contributed by atoms with van der Waals surface area (Å²) in [6.45, 7) is 1.25. The van der Waals surface area contributed by atoms with E-state index in [9.17, 15) is 0 Å². The third-order valence-electron chi connectivity index (χ3n) is 10.9. The maximum absolute atomic E-state index is 5.99. The number of nitrogens with zero attached hydrogens (tertiary/aromatic N) is 1. The van der Waals surface area contributed by atoms with Crippen LogP contribution in [0.15, 0.2) is 0 Å². The molecule has 34 heavy (non-hydrogen) atoms. The maximum atomic E-state index is 5.99. The smallest absolute Gasteiger partial charge is 0.0836 e. The van der Waals surface area contributed by atoms with E-state index in [0.29, 0.717) is 18.2 Å². The third-order valence-corrected chi connectivity index (χ3v) is 10.9. The van der Waals surface area contributed by atoms with Crippen molar-refractivity contribution < 1.29 is 23.7 Å². The molecule has 0 aromatic rings. The van der Waals surface area contributed by atoms with Gasteiger partial charge >= 0.3 is 0 Å². The zero-order valence-corrected chi connectivity index (χ0v) is 22.2. The minimum absolute atomic E-state index is 0.230. The van der Waals surface area contributed by atoms with Crippen LogP contribution in [-0.2, 0) is 23.7 Å². The van der Waals surface area contributed by atoms with Gasteiger partial charge in [-0.2, -0.15) is 0 Å². The molecule has 6 heteroatoms. The van der Waals surface area contributed by atoms with Crippen molar-refractivity contribution >= 4 is 0 Å². The van der Waals surface area contributed by atoms with Gasteiger partial charge in [-0.3, -0.25) is 4.90 Å². The summed E-state index contributed by atoms with van der Waals surface area (Å²) in [4.78, 5) is 3.01. The van der Waals surface area contributed by atoms with Gasteiger partial charge in [-0.15, -0.1) is 0 Å². The van der Waals surface area contributed by atoms with Crippen molar-refractivity contribution in [1.82, 2.24) is 4.90 Å². The normalized spacial score (nSPS) is 49.7. The molecule has 3 saturated carbocycles. The lowest BCUT2D eigenvalue weighted by molar-refractivity contribution is -0.172. The summed E-state index contributed by atoms with van der Waals surface area (Å²) in [5.41, 5.74) is 0. The van der Waals surface area contributed by atoms with Crippen LogP contribution in [0.3, 0.4) is 0 Å². The van der Waals surface area contributed by atoms with Crippen molar-refractivity contribution in [1.29, 1.82) is 0 Å². The largest absolute Gasteiger partial charge is 0.381 e. The molecule has 6 nitrogen and oxygen atoms in total. The zero-order chi connectivity index (χ0) is 23.8. The van der Waals surface area contributed by atoms with Crippen LogP contribution in [0.5, 0.6) is 0 Å². The highest BCUT2D eigenvalue weighted by molar-refractivity contribution is 5.08. The Morgan fingerprint density at radius 3 is 1.65 bits per heavy atom. The van der Waals surface area contributed by atoms with Crippen molar-refractivity contribution in [2.24, 2.45) is 29.6 Å². The molecular formula is C28H49NO5. The quantitative estimate of drug-likeness (QED) is 0.570. The molecule has 0 amide bonds. The molecule has 9 unspecified atom stereocenters. The number of hydrogen-bond acceptors (Lipinski definition) is 6. The molecule has 5 fully saturated rings. The Bertz CT molecular complexity index is 655. The number of hydrogen-bond donors (Lipinski definition) is 0. The van der Waals surface area contributed by atoms with E-state index in [-0.39, 0.29) is 24.4 Å². The van der Waals surface area contributed by atoms with E-state index in [2.05, 4.69) is 4.90 Å². The summed E-state index contributed by atoms with van der Waals surface area (Å²) in [6.07, 6.45) is 13.7. The molecule has 0 radical (unpaired) electrons. The van der Waals surface area contributed by atoms with Gasteiger partial charge < -0.3 is 23.7 Å². The van der Waals surface area contributed by atoms with Gasteiger partial charge in [-0.05, 0) is 100 Å². The zero-order valence-electron chi connectivity index (χ0n) is 22.2. The Balaban J connectivity index is 1.42. The van der Waals surface area contributed by atoms with E-state index in [1.807, 2.05) is 35.5 Å². The molecule has 2 aliphatic heterocycles. The minimum Gasteiger partial charge on any atom is -0.381 e. The van der Waals surface area contributed by atoms with Crippen LogP contribution in [0.1, 0.15) is 64.2 Å². The molecule has 0 bridgehead atoms. The average Bonchev–Trinajstić information content (AvgIpc) is 2.90. The summed E-state index contributed by atoms with van der Waals surface area (Å²) in [6, 6.07) is 1.36. The van der Waals surface area contributed by atoms with Crippen LogP contribution in [0.2, 0.25) is 0 Å². The van der Waals surface area contributed by atoms with Gasteiger partial charge in [0.05, 0.1) is 30.5 Å². The topological polar surface area (TPSA) is 49.4 Å². The SMILES string of the molecule is COC1CCC([C@H]2C3CC(OC)C(OC)CC3CC3C4CC(OC)C(OC)CC4CCN32)CC1. The fourth-order valence-electron chi connectivity index (χ4n) is 9.21. The second kappa shape index (κ2) is 11.0. The van der Waals surface area contributed by atoms with Gasteiger partial charge in [0.15, 0.2) is 0 Å². The molecule has 2 heterocycles. The van der Waals surface area contributed by atoms with Gasteiger partial charge in [0.25, 0.3) is 0 Å². The first-order chi connectivity index (χ1) is 16.6. The molecule has 3 aliphatic carbocycles. The first-order valence-electron chi connectivity index (χ1n) is 14.0. The van der Waals surface area contributed by atoms with Crippen molar-refractivity contribution in [3.05, 3.63) is 0 Å². The van der Waals surface area contributed by atoms with Crippen LogP contribution in [0.4, 0.5) is 0 Å². The van der Waals surface area contributed by atoms with Crippen LogP contribution in [0.25, 0.3) is 0 Å². The third kappa shape index (κ3) is 4.61. The van der Waals surface area contributed by atoms with Crippen molar-refractivity contribution in [2.75, 3.05) is 42.1 Å². The van der Waals surface area contributed by atoms with E-state index in [1.165, 1.54) is 45.1 Å². The lowest BCUT2D eigenvalue weighted by atomic mass is 9.58. The molecule has 0 spiro atoms. The van der Waals surface area contributed by atoms with Gasteiger partial charge in [0.1, 0.15) is 0 Å². The Morgan fingerprint density at radius 2 is 1.06 bits per heavy atom. The molecule has 10 atom stereocenters. The molecule has 196 valence electrons. The van der Waals surface area contributed by atoms with Crippen LogP contribution >= 0.6 is 0 Å². The predicted molar refractivity (Wildman–Crippen MR) is 132 cm³/mol. The highest BCUT2D eigenvalue weighted by Crippen LogP contribution is 2.54. The van der Waals surface area contributed by atoms with Gasteiger partial charge in [0.2, 0.25) is 0 Å².